The second kappa shape index (κ2) is 9.71. The van der Waals surface area contributed by atoms with Crippen molar-refractivity contribution in [2.24, 2.45) is 0 Å². The zero-order valence-electron chi connectivity index (χ0n) is 18.8. The normalized spacial score (nSPS) is 14.3. The van der Waals surface area contributed by atoms with Gasteiger partial charge in [0, 0.05) is 38.1 Å². The molecule has 1 aliphatic heterocycles. The molecule has 35 heavy (non-hydrogen) atoms. The minimum Gasteiger partial charge on any atom is -0.352 e. The molecule has 1 aliphatic rings. The summed E-state index contributed by atoms with van der Waals surface area (Å²) >= 11 is 6.82. The Balaban J connectivity index is 1.18. The highest BCUT2D eigenvalue weighted by molar-refractivity contribution is 7.93. The number of benzene rings is 1. The van der Waals surface area contributed by atoms with Gasteiger partial charge in [0.05, 0.1) is 10.3 Å². The van der Waals surface area contributed by atoms with Crippen LogP contribution in [0, 0.1) is 0 Å². The zero-order chi connectivity index (χ0) is 24.4. The molecule has 4 aromatic rings. The van der Waals surface area contributed by atoms with Crippen LogP contribution in [-0.2, 0) is 16.4 Å². The topological polar surface area (TPSA) is 132 Å². The van der Waals surface area contributed by atoms with Crippen molar-refractivity contribution in [1.82, 2.24) is 30.0 Å². The van der Waals surface area contributed by atoms with Gasteiger partial charge in [-0.1, -0.05) is 18.3 Å². The smallest absolute Gasteiger partial charge is 0.263 e. The van der Waals surface area contributed by atoms with Gasteiger partial charge in [0.1, 0.15) is 22.8 Å². The fraction of sp³-hybridized carbons (Fsp3) is 0.286. The van der Waals surface area contributed by atoms with Crippen molar-refractivity contribution in [1.29, 1.82) is 0 Å². The van der Waals surface area contributed by atoms with Gasteiger partial charge < -0.3 is 20.1 Å². The fourth-order valence-corrected chi connectivity index (χ4v) is 5.97. The standard InChI is InChI=1S/C21H23N9O2S3/c1-2-17-26-27-20(34-17)28-35(31,32)15-5-3-14(4-6-15)25-21(33)30-11-9-29(10-12-30)19-16-7-8-22-18(16)23-13-24-19/h3-8,13H,2,9-12H2,1H3,(H,25,33)(H,27,28)(H,22,23,24). The number of fused-ring (bicyclic) bond motifs is 1. The number of nitrogens with one attached hydrogen (secondary N) is 3. The van der Waals surface area contributed by atoms with Crippen molar-refractivity contribution >= 4 is 66.4 Å². The Kier molecular flexibility index (Phi) is 6.49. The van der Waals surface area contributed by atoms with E-state index in [0.29, 0.717) is 17.2 Å². The molecule has 5 rings (SSSR count). The summed E-state index contributed by atoms with van der Waals surface area (Å²) in [6.07, 6.45) is 4.14. The van der Waals surface area contributed by atoms with Crippen molar-refractivity contribution in [3.63, 3.8) is 0 Å². The number of aryl methyl sites for hydroxylation is 1. The lowest BCUT2D eigenvalue weighted by Crippen LogP contribution is -2.50. The van der Waals surface area contributed by atoms with Crippen LogP contribution >= 0.6 is 23.6 Å². The van der Waals surface area contributed by atoms with Gasteiger partial charge in [0.25, 0.3) is 10.0 Å². The van der Waals surface area contributed by atoms with Crippen LogP contribution in [0.25, 0.3) is 11.0 Å². The lowest BCUT2D eigenvalue weighted by Gasteiger charge is -2.37. The number of sulfonamides is 1. The number of anilines is 3. The van der Waals surface area contributed by atoms with Crippen LogP contribution in [0.5, 0.6) is 0 Å². The van der Waals surface area contributed by atoms with Crippen molar-refractivity contribution in [2.75, 3.05) is 41.1 Å². The van der Waals surface area contributed by atoms with Crippen molar-refractivity contribution in [3.05, 3.63) is 47.9 Å². The van der Waals surface area contributed by atoms with Crippen LogP contribution in [0.4, 0.5) is 16.6 Å². The molecule has 0 unspecified atom stereocenters. The molecule has 0 saturated carbocycles. The van der Waals surface area contributed by atoms with Crippen molar-refractivity contribution in [2.45, 2.75) is 18.2 Å². The molecule has 3 N–H and O–H groups in total. The quantitative estimate of drug-likeness (QED) is 0.320. The predicted molar refractivity (Wildman–Crippen MR) is 140 cm³/mol. The Labute approximate surface area is 211 Å². The molecule has 0 spiro atoms. The summed E-state index contributed by atoms with van der Waals surface area (Å²) in [6, 6.07) is 8.43. The molecule has 14 heteroatoms. The highest BCUT2D eigenvalue weighted by Crippen LogP contribution is 2.24. The number of piperazine rings is 1. The van der Waals surface area contributed by atoms with Gasteiger partial charge in [0.2, 0.25) is 5.13 Å². The molecule has 0 radical (unpaired) electrons. The molecule has 0 atom stereocenters. The lowest BCUT2D eigenvalue weighted by molar-refractivity contribution is 0.390. The number of hydrogen-bond donors (Lipinski definition) is 3. The number of rotatable bonds is 6. The highest BCUT2D eigenvalue weighted by Gasteiger charge is 2.22. The predicted octanol–water partition coefficient (Wildman–Crippen LogP) is 2.69. The fourth-order valence-electron chi connectivity index (χ4n) is 3.76. The van der Waals surface area contributed by atoms with Crippen LogP contribution in [0.1, 0.15) is 11.9 Å². The number of hydrogen-bond acceptors (Lipinski definition) is 9. The maximum absolute atomic E-state index is 12.6. The maximum atomic E-state index is 12.6. The third-order valence-corrected chi connectivity index (χ3v) is 8.43. The van der Waals surface area contributed by atoms with E-state index in [1.165, 1.54) is 23.5 Å². The number of aromatic amines is 1. The molecule has 1 saturated heterocycles. The Morgan fingerprint density at radius 3 is 2.60 bits per heavy atom. The average molecular weight is 530 g/mol. The first-order valence-electron chi connectivity index (χ1n) is 11.0. The molecule has 1 fully saturated rings. The van der Waals surface area contributed by atoms with Crippen LogP contribution in [0.3, 0.4) is 0 Å². The third-order valence-electron chi connectivity index (χ3n) is 5.61. The first kappa shape index (κ1) is 23.4. The van der Waals surface area contributed by atoms with E-state index in [4.69, 9.17) is 12.2 Å². The van der Waals surface area contributed by atoms with E-state index < -0.39 is 10.0 Å². The third kappa shape index (κ3) is 5.04. The first-order valence-corrected chi connectivity index (χ1v) is 13.7. The van der Waals surface area contributed by atoms with E-state index in [1.54, 1.807) is 18.5 Å². The number of nitrogens with zero attached hydrogens (tertiary/aromatic N) is 6. The summed E-state index contributed by atoms with van der Waals surface area (Å²) in [4.78, 5) is 16.3. The van der Waals surface area contributed by atoms with Gasteiger partial charge in [-0.2, -0.15) is 0 Å². The molecule has 182 valence electrons. The Bertz CT molecular complexity index is 1440. The molecule has 11 nitrogen and oxygen atoms in total. The molecule has 3 aromatic heterocycles. The van der Waals surface area contributed by atoms with Gasteiger partial charge in [-0.25, -0.2) is 18.4 Å². The van der Waals surface area contributed by atoms with Crippen molar-refractivity contribution in [3.8, 4) is 0 Å². The summed E-state index contributed by atoms with van der Waals surface area (Å²) in [6.45, 7) is 4.95. The summed E-state index contributed by atoms with van der Waals surface area (Å²) in [5.74, 6) is 0.916. The highest BCUT2D eigenvalue weighted by atomic mass is 32.2. The van der Waals surface area contributed by atoms with E-state index in [2.05, 4.69) is 45.0 Å². The Morgan fingerprint density at radius 1 is 1.11 bits per heavy atom. The molecule has 1 aromatic carbocycles. The number of thiocarbonyl (C=S) groups is 1. The summed E-state index contributed by atoms with van der Waals surface area (Å²) in [5.41, 5.74) is 1.54. The van der Waals surface area contributed by atoms with Crippen LogP contribution < -0.4 is 14.9 Å². The maximum Gasteiger partial charge on any atom is 0.263 e. The van der Waals surface area contributed by atoms with Crippen molar-refractivity contribution < 1.29 is 8.42 Å². The van der Waals surface area contributed by atoms with E-state index in [-0.39, 0.29) is 10.0 Å². The Hall–Kier alpha value is -3.36. The van der Waals surface area contributed by atoms with Gasteiger partial charge in [0.15, 0.2) is 5.11 Å². The van der Waals surface area contributed by atoms with E-state index >= 15 is 0 Å². The molecular formula is C21H23N9O2S3. The summed E-state index contributed by atoms with van der Waals surface area (Å²) in [5, 5.41) is 13.6. The number of H-pyrrole nitrogens is 1. The number of aromatic nitrogens is 5. The monoisotopic (exact) mass is 529 g/mol. The Morgan fingerprint density at radius 2 is 1.89 bits per heavy atom. The largest absolute Gasteiger partial charge is 0.352 e. The summed E-state index contributed by atoms with van der Waals surface area (Å²) in [7, 11) is -3.75. The van der Waals surface area contributed by atoms with E-state index in [1.807, 2.05) is 19.2 Å². The first-order chi connectivity index (χ1) is 16.9. The molecule has 4 heterocycles. The minimum atomic E-state index is -3.75. The van der Waals surface area contributed by atoms with Crippen LogP contribution in [0.2, 0.25) is 0 Å². The second-order valence-electron chi connectivity index (χ2n) is 7.83. The molecule has 0 amide bonds. The molecular weight excluding hydrogens is 506 g/mol. The van der Waals surface area contributed by atoms with Gasteiger partial charge in [-0.05, 0) is 49.0 Å². The second-order valence-corrected chi connectivity index (χ2v) is 11.0. The van der Waals surface area contributed by atoms with Gasteiger partial charge in [-0.15, -0.1) is 10.2 Å². The van der Waals surface area contributed by atoms with Gasteiger partial charge in [-0.3, -0.25) is 4.72 Å². The molecule has 0 bridgehead atoms. The average Bonchev–Trinajstić information content (AvgIpc) is 3.53. The van der Waals surface area contributed by atoms with Crippen LogP contribution in [-0.4, -0.2) is 69.8 Å². The minimum absolute atomic E-state index is 0.136. The lowest BCUT2D eigenvalue weighted by atomic mass is 10.3. The zero-order valence-corrected chi connectivity index (χ0v) is 21.3. The van der Waals surface area contributed by atoms with Gasteiger partial charge >= 0.3 is 0 Å². The molecule has 0 aliphatic carbocycles. The SMILES string of the molecule is CCc1nnc(NS(=O)(=O)c2ccc(NC(=S)N3CCN(c4ncnc5[nH]ccc45)CC3)cc2)s1. The van der Waals surface area contributed by atoms with Crippen LogP contribution in [0.15, 0.2) is 47.8 Å². The summed E-state index contributed by atoms with van der Waals surface area (Å²) < 4.78 is 27.8. The van der Waals surface area contributed by atoms with E-state index in [0.717, 1.165) is 48.0 Å². The van der Waals surface area contributed by atoms with E-state index in [9.17, 15) is 8.42 Å².